The van der Waals surface area contributed by atoms with E-state index >= 15 is 0 Å². The first-order chi connectivity index (χ1) is 6.27. The van der Waals surface area contributed by atoms with Gasteiger partial charge in [0.2, 0.25) is 0 Å². The van der Waals surface area contributed by atoms with Gasteiger partial charge in [0.1, 0.15) is 5.75 Å². The molecule has 0 aromatic heterocycles. The van der Waals surface area contributed by atoms with Crippen LogP contribution in [0.4, 0.5) is 0 Å². The second-order valence-electron chi connectivity index (χ2n) is 2.75. The highest BCUT2D eigenvalue weighted by Crippen LogP contribution is 2.18. The van der Waals surface area contributed by atoms with Crippen LogP contribution < -0.4 is 10.1 Å². The van der Waals surface area contributed by atoms with E-state index in [1.807, 2.05) is 37.4 Å². The summed E-state index contributed by atoms with van der Waals surface area (Å²) in [6, 6.07) is 7.68. The van der Waals surface area contributed by atoms with Crippen molar-refractivity contribution in [1.82, 2.24) is 5.32 Å². The van der Waals surface area contributed by atoms with Crippen LogP contribution in [0.25, 0.3) is 0 Å². The minimum absolute atomic E-state index is 0.0279. The van der Waals surface area contributed by atoms with E-state index in [0.717, 1.165) is 11.3 Å². The van der Waals surface area contributed by atoms with Crippen molar-refractivity contribution in [1.29, 1.82) is 5.26 Å². The highest BCUT2D eigenvalue weighted by Gasteiger charge is 2.03. The van der Waals surface area contributed by atoms with Gasteiger partial charge in [0.15, 0.2) is 6.19 Å². The van der Waals surface area contributed by atoms with E-state index in [1.54, 1.807) is 7.11 Å². The summed E-state index contributed by atoms with van der Waals surface area (Å²) in [5.74, 6) is 0.809. The predicted molar refractivity (Wildman–Crippen MR) is 50.2 cm³/mol. The van der Waals surface area contributed by atoms with E-state index in [4.69, 9.17) is 10.00 Å². The topological polar surface area (TPSA) is 45.0 Å². The quantitative estimate of drug-likeness (QED) is 0.564. The fourth-order valence-electron chi connectivity index (χ4n) is 1.09. The molecule has 3 heteroatoms. The lowest BCUT2D eigenvalue weighted by molar-refractivity contribution is 0.413. The molecule has 0 aliphatic rings. The molecule has 0 saturated heterocycles. The van der Waals surface area contributed by atoms with Gasteiger partial charge < -0.3 is 10.1 Å². The number of rotatable bonds is 3. The third-order valence-electron chi connectivity index (χ3n) is 1.87. The Hall–Kier alpha value is -1.69. The third-order valence-corrected chi connectivity index (χ3v) is 1.87. The molecule has 1 atom stereocenters. The second-order valence-corrected chi connectivity index (χ2v) is 2.75. The van der Waals surface area contributed by atoms with Crippen molar-refractivity contribution in [2.45, 2.75) is 13.0 Å². The summed E-state index contributed by atoms with van der Waals surface area (Å²) in [5.41, 5.74) is 1.04. The number of hydrogen-bond acceptors (Lipinski definition) is 3. The first-order valence-corrected chi connectivity index (χ1v) is 4.06. The Bertz CT molecular complexity index is 317. The van der Waals surface area contributed by atoms with Gasteiger partial charge in [-0.2, -0.15) is 5.26 Å². The molecule has 0 saturated carbocycles. The molecule has 68 valence electrons. The molecule has 0 aliphatic heterocycles. The molecule has 1 rings (SSSR count). The van der Waals surface area contributed by atoms with Crippen LogP contribution in [0.5, 0.6) is 5.75 Å². The van der Waals surface area contributed by atoms with Crippen LogP contribution in [0.2, 0.25) is 0 Å². The van der Waals surface area contributed by atoms with E-state index in [-0.39, 0.29) is 6.04 Å². The fraction of sp³-hybridized carbons (Fsp3) is 0.300. The molecule has 0 unspecified atom stereocenters. The molecule has 0 amide bonds. The first-order valence-electron chi connectivity index (χ1n) is 4.06. The maximum absolute atomic E-state index is 8.43. The van der Waals surface area contributed by atoms with Crippen LogP contribution >= 0.6 is 0 Å². The van der Waals surface area contributed by atoms with E-state index in [9.17, 15) is 0 Å². The van der Waals surface area contributed by atoms with Crippen LogP contribution in [0.1, 0.15) is 18.5 Å². The lowest BCUT2D eigenvalue weighted by atomic mass is 10.1. The zero-order chi connectivity index (χ0) is 9.68. The normalized spacial score (nSPS) is 11.5. The molecule has 0 fully saturated rings. The van der Waals surface area contributed by atoms with Gasteiger partial charge in [0.25, 0.3) is 0 Å². The Kier molecular flexibility index (Phi) is 3.15. The van der Waals surface area contributed by atoms with Crippen molar-refractivity contribution >= 4 is 0 Å². The molecular formula is C10H12N2O. The van der Waals surface area contributed by atoms with Crippen LogP contribution in [-0.2, 0) is 0 Å². The number of hydrogen-bond donors (Lipinski definition) is 1. The van der Waals surface area contributed by atoms with Crippen LogP contribution in [0.15, 0.2) is 24.3 Å². The predicted octanol–water partition coefficient (Wildman–Crippen LogP) is 1.83. The summed E-state index contributed by atoms with van der Waals surface area (Å²) >= 11 is 0. The average Bonchev–Trinajstić information content (AvgIpc) is 2.18. The molecule has 0 radical (unpaired) electrons. The van der Waals surface area contributed by atoms with Gasteiger partial charge in [-0.3, -0.25) is 0 Å². The number of benzene rings is 1. The minimum atomic E-state index is 0.0279. The molecule has 13 heavy (non-hydrogen) atoms. The molecule has 0 aliphatic carbocycles. The lowest BCUT2D eigenvalue weighted by Gasteiger charge is -2.10. The largest absolute Gasteiger partial charge is 0.497 e. The smallest absolute Gasteiger partial charge is 0.177 e. The number of nitrogens with zero attached hydrogens (tertiary/aromatic N) is 1. The minimum Gasteiger partial charge on any atom is -0.497 e. The lowest BCUT2D eigenvalue weighted by Crippen LogP contribution is -2.11. The van der Waals surface area contributed by atoms with Crippen molar-refractivity contribution in [2.24, 2.45) is 0 Å². The highest BCUT2D eigenvalue weighted by atomic mass is 16.5. The summed E-state index contributed by atoms with van der Waals surface area (Å²) in [7, 11) is 1.63. The zero-order valence-corrected chi connectivity index (χ0v) is 7.74. The van der Waals surface area contributed by atoms with Crippen LogP contribution in [-0.4, -0.2) is 7.11 Å². The van der Waals surface area contributed by atoms with Gasteiger partial charge in [-0.1, -0.05) is 12.1 Å². The standard InChI is InChI=1S/C10H12N2O/c1-8(12-7-11)9-4-3-5-10(6-9)13-2/h3-6,8,12H,1-2H3/t8-/m1/s1. The van der Waals surface area contributed by atoms with Crippen molar-refractivity contribution < 1.29 is 4.74 Å². The van der Waals surface area contributed by atoms with Gasteiger partial charge in [-0.05, 0) is 24.6 Å². The van der Waals surface area contributed by atoms with Gasteiger partial charge in [-0.25, -0.2) is 0 Å². The van der Waals surface area contributed by atoms with Crippen molar-refractivity contribution in [3.05, 3.63) is 29.8 Å². The second kappa shape index (κ2) is 4.36. The molecule has 1 N–H and O–H groups in total. The van der Waals surface area contributed by atoms with E-state index in [0.29, 0.717) is 0 Å². The first kappa shape index (κ1) is 9.40. The molecule has 0 bridgehead atoms. The number of nitriles is 1. The Labute approximate surface area is 77.9 Å². The fourth-order valence-corrected chi connectivity index (χ4v) is 1.09. The number of methoxy groups -OCH3 is 1. The maximum Gasteiger partial charge on any atom is 0.177 e. The van der Waals surface area contributed by atoms with E-state index in [2.05, 4.69) is 5.32 Å². The van der Waals surface area contributed by atoms with Crippen molar-refractivity contribution in [3.8, 4) is 11.9 Å². The van der Waals surface area contributed by atoms with Crippen molar-refractivity contribution in [3.63, 3.8) is 0 Å². The molecule has 1 aromatic rings. The molecular weight excluding hydrogens is 164 g/mol. The Morgan fingerprint density at radius 2 is 2.31 bits per heavy atom. The van der Waals surface area contributed by atoms with E-state index in [1.165, 1.54) is 0 Å². The molecule has 3 nitrogen and oxygen atoms in total. The molecule has 0 heterocycles. The van der Waals surface area contributed by atoms with Gasteiger partial charge >= 0.3 is 0 Å². The Morgan fingerprint density at radius 1 is 1.54 bits per heavy atom. The maximum atomic E-state index is 8.43. The molecule has 0 spiro atoms. The number of ether oxygens (including phenoxy) is 1. The Morgan fingerprint density at radius 3 is 2.92 bits per heavy atom. The van der Waals surface area contributed by atoms with Crippen LogP contribution in [0, 0.1) is 11.5 Å². The van der Waals surface area contributed by atoms with Gasteiger partial charge in [0.05, 0.1) is 13.2 Å². The van der Waals surface area contributed by atoms with Gasteiger partial charge in [0, 0.05) is 0 Å². The van der Waals surface area contributed by atoms with Crippen molar-refractivity contribution in [2.75, 3.05) is 7.11 Å². The molecule has 1 aromatic carbocycles. The summed E-state index contributed by atoms with van der Waals surface area (Å²) in [6.45, 7) is 1.93. The Balaban J connectivity index is 2.83. The average molecular weight is 176 g/mol. The monoisotopic (exact) mass is 176 g/mol. The summed E-state index contributed by atoms with van der Waals surface area (Å²) in [4.78, 5) is 0. The number of nitrogens with one attached hydrogen (secondary N) is 1. The highest BCUT2D eigenvalue weighted by molar-refractivity contribution is 5.30. The zero-order valence-electron chi connectivity index (χ0n) is 7.74. The summed E-state index contributed by atoms with van der Waals surface area (Å²) in [6.07, 6.45) is 1.91. The third kappa shape index (κ3) is 2.38. The van der Waals surface area contributed by atoms with E-state index < -0.39 is 0 Å². The summed E-state index contributed by atoms with van der Waals surface area (Å²) < 4.78 is 5.07. The summed E-state index contributed by atoms with van der Waals surface area (Å²) in [5, 5.41) is 11.1. The SMILES string of the molecule is COc1cccc([C@@H](C)NC#N)c1. The van der Waals surface area contributed by atoms with Gasteiger partial charge in [-0.15, -0.1) is 0 Å². The van der Waals surface area contributed by atoms with Crippen LogP contribution in [0.3, 0.4) is 0 Å².